The van der Waals surface area contributed by atoms with Crippen LogP contribution in [0, 0.1) is 6.92 Å². The molecule has 0 aliphatic rings. The van der Waals surface area contributed by atoms with E-state index in [1.54, 1.807) is 6.20 Å². The van der Waals surface area contributed by atoms with E-state index in [4.69, 9.17) is 0 Å². The Kier molecular flexibility index (Phi) is 2.37. The maximum absolute atomic E-state index is 4.31. The van der Waals surface area contributed by atoms with Gasteiger partial charge in [-0.2, -0.15) is 0 Å². The Bertz CT molecular complexity index is 638. The predicted molar refractivity (Wildman–Crippen MR) is 67.9 cm³/mol. The lowest BCUT2D eigenvalue weighted by Gasteiger charge is -2.00. The van der Waals surface area contributed by atoms with E-state index in [2.05, 4.69) is 27.1 Å². The van der Waals surface area contributed by atoms with Crippen molar-refractivity contribution in [3.63, 3.8) is 0 Å². The molecule has 1 N–H and O–H groups in total. The summed E-state index contributed by atoms with van der Waals surface area (Å²) in [4.78, 5) is 11.8. The molecule has 17 heavy (non-hydrogen) atoms. The highest BCUT2D eigenvalue weighted by atomic mass is 14.8. The number of rotatable bonds is 2. The molecule has 3 heteroatoms. The summed E-state index contributed by atoms with van der Waals surface area (Å²) in [6.07, 6.45) is 6.65. The van der Waals surface area contributed by atoms with Crippen molar-refractivity contribution in [1.29, 1.82) is 0 Å². The molecule has 0 spiro atoms. The number of nitrogens with zero attached hydrogens (tertiary/aromatic N) is 2. The molecule has 3 rings (SSSR count). The number of aryl methyl sites for hydroxylation is 1. The summed E-state index contributed by atoms with van der Waals surface area (Å²) in [6, 6.07) is 8.23. The Morgan fingerprint density at radius 3 is 2.94 bits per heavy atom. The topological polar surface area (TPSA) is 41.6 Å². The second kappa shape index (κ2) is 4.01. The van der Waals surface area contributed by atoms with E-state index in [0.717, 1.165) is 17.8 Å². The molecule has 0 saturated heterocycles. The molecule has 3 heterocycles. The Labute approximate surface area is 99.5 Å². The normalized spacial score (nSPS) is 10.9. The molecule has 0 unspecified atom stereocenters. The first kappa shape index (κ1) is 10.0. The summed E-state index contributed by atoms with van der Waals surface area (Å²) in [7, 11) is 0. The number of aromatic amines is 1. The third kappa shape index (κ3) is 1.91. The van der Waals surface area contributed by atoms with E-state index in [1.807, 2.05) is 31.5 Å². The molecule has 84 valence electrons. The summed E-state index contributed by atoms with van der Waals surface area (Å²) >= 11 is 0. The van der Waals surface area contributed by atoms with Gasteiger partial charge in [-0.3, -0.25) is 4.98 Å². The summed E-state index contributed by atoms with van der Waals surface area (Å²) in [6.45, 7) is 2.00. The molecule has 0 aliphatic heterocycles. The number of H-pyrrole nitrogens is 1. The maximum Gasteiger partial charge on any atom is 0.137 e. The molecule has 0 bridgehead atoms. The van der Waals surface area contributed by atoms with E-state index in [9.17, 15) is 0 Å². The lowest BCUT2D eigenvalue weighted by molar-refractivity contribution is 1.11. The third-order valence-corrected chi connectivity index (χ3v) is 2.90. The van der Waals surface area contributed by atoms with Crippen molar-refractivity contribution >= 4 is 11.0 Å². The van der Waals surface area contributed by atoms with E-state index in [1.165, 1.54) is 16.5 Å². The van der Waals surface area contributed by atoms with Crippen LogP contribution in [0.3, 0.4) is 0 Å². The lowest BCUT2D eigenvalue weighted by Crippen LogP contribution is -1.89. The molecule has 0 saturated carbocycles. The van der Waals surface area contributed by atoms with Gasteiger partial charge in [0, 0.05) is 36.1 Å². The minimum Gasteiger partial charge on any atom is -0.346 e. The molecule has 0 radical (unpaired) electrons. The summed E-state index contributed by atoms with van der Waals surface area (Å²) in [5.41, 5.74) is 4.48. The van der Waals surface area contributed by atoms with Crippen molar-refractivity contribution in [1.82, 2.24) is 15.0 Å². The van der Waals surface area contributed by atoms with Gasteiger partial charge >= 0.3 is 0 Å². The summed E-state index contributed by atoms with van der Waals surface area (Å²) in [5, 5.41) is 1.19. The van der Waals surface area contributed by atoms with Crippen LogP contribution < -0.4 is 0 Å². The van der Waals surface area contributed by atoms with Crippen molar-refractivity contribution in [2.75, 3.05) is 0 Å². The first-order chi connectivity index (χ1) is 8.33. The zero-order chi connectivity index (χ0) is 11.7. The molecule has 0 fully saturated rings. The highest BCUT2D eigenvalue weighted by Crippen LogP contribution is 2.18. The van der Waals surface area contributed by atoms with Gasteiger partial charge in [-0.05, 0) is 36.2 Å². The third-order valence-electron chi connectivity index (χ3n) is 2.90. The van der Waals surface area contributed by atoms with Crippen molar-refractivity contribution < 1.29 is 0 Å². The van der Waals surface area contributed by atoms with Gasteiger partial charge in [-0.15, -0.1) is 0 Å². The number of nitrogens with one attached hydrogen (secondary N) is 1. The number of hydrogen-bond acceptors (Lipinski definition) is 2. The molecular formula is C14H13N3. The molecule has 0 atom stereocenters. The fourth-order valence-electron chi connectivity index (χ4n) is 1.98. The molecule has 3 aromatic rings. The molecule has 3 aromatic heterocycles. The minimum absolute atomic E-state index is 0.888. The van der Waals surface area contributed by atoms with Crippen LogP contribution in [-0.2, 0) is 6.42 Å². The van der Waals surface area contributed by atoms with Crippen LogP contribution in [0.15, 0.2) is 42.9 Å². The van der Waals surface area contributed by atoms with Crippen LogP contribution in [0.4, 0.5) is 0 Å². The SMILES string of the molecule is Cc1ccc(Cc2c[nH]c3ncccc23)cn1. The van der Waals surface area contributed by atoms with Crippen molar-refractivity contribution in [3.05, 3.63) is 59.7 Å². The van der Waals surface area contributed by atoms with Gasteiger partial charge < -0.3 is 4.98 Å². The summed E-state index contributed by atoms with van der Waals surface area (Å²) < 4.78 is 0. The van der Waals surface area contributed by atoms with Crippen LogP contribution >= 0.6 is 0 Å². The second-order valence-corrected chi connectivity index (χ2v) is 4.20. The number of aromatic nitrogens is 3. The Hall–Kier alpha value is -2.16. The highest BCUT2D eigenvalue weighted by Gasteiger charge is 2.04. The van der Waals surface area contributed by atoms with Gasteiger partial charge in [0.15, 0.2) is 0 Å². The van der Waals surface area contributed by atoms with Crippen LogP contribution in [-0.4, -0.2) is 15.0 Å². The number of hydrogen-bond donors (Lipinski definition) is 1. The van der Waals surface area contributed by atoms with Crippen LogP contribution in [0.25, 0.3) is 11.0 Å². The zero-order valence-electron chi connectivity index (χ0n) is 9.64. The average Bonchev–Trinajstić information content (AvgIpc) is 2.76. The quantitative estimate of drug-likeness (QED) is 0.725. The van der Waals surface area contributed by atoms with E-state index in [0.29, 0.717) is 0 Å². The molecule has 0 amide bonds. The fourth-order valence-corrected chi connectivity index (χ4v) is 1.98. The molecular weight excluding hydrogens is 210 g/mol. The maximum atomic E-state index is 4.31. The fraction of sp³-hybridized carbons (Fsp3) is 0.143. The van der Waals surface area contributed by atoms with E-state index < -0.39 is 0 Å². The standard InChI is InChI=1S/C14H13N3/c1-10-4-5-11(8-16-10)7-12-9-17-14-13(12)3-2-6-15-14/h2-6,8-9H,7H2,1H3,(H,15,17). The van der Waals surface area contributed by atoms with Crippen molar-refractivity contribution in [2.45, 2.75) is 13.3 Å². The largest absolute Gasteiger partial charge is 0.346 e. The first-order valence-corrected chi connectivity index (χ1v) is 5.65. The van der Waals surface area contributed by atoms with Crippen LogP contribution in [0.2, 0.25) is 0 Å². The lowest BCUT2D eigenvalue weighted by atomic mass is 10.1. The monoisotopic (exact) mass is 223 g/mol. The zero-order valence-corrected chi connectivity index (χ0v) is 9.64. The second-order valence-electron chi connectivity index (χ2n) is 4.20. The van der Waals surface area contributed by atoms with Crippen LogP contribution in [0.1, 0.15) is 16.8 Å². The molecule has 0 aromatic carbocycles. The Balaban J connectivity index is 1.97. The molecule has 3 nitrogen and oxygen atoms in total. The molecule has 0 aliphatic carbocycles. The Morgan fingerprint density at radius 2 is 2.12 bits per heavy atom. The van der Waals surface area contributed by atoms with Crippen LogP contribution in [0.5, 0.6) is 0 Å². The van der Waals surface area contributed by atoms with E-state index in [-0.39, 0.29) is 0 Å². The summed E-state index contributed by atoms with van der Waals surface area (Å²) in [5.74, 6) is 0. The number of fused-ring (bicyclic) bond motifs is 1. The first-order valence-electron chi connectivity index (χ1n) is 5.65. The van der Waals surface area contributed by atoms with Gasteiger partial charge in [-0.1, -0.05) is 6.07 Å². The predicted octanol–water partition coefficient (Wildman–Crippen LogP) is 2.86. The van der Waals surface area contributed by atoms with Crippen molar-refractivity contribution in [3.8, 4) is 0 Å². The van der Waals surface area contributed by atoms with Gasteiger partial charge in [0.25, 0.3) is 0 Å². The van der Waals surface area contributed by atoms with Gasteiger partial charge in [0.05, 0.1) is 0 Å². The minimum atomic E-state index is 0.888. The van der Waals surface area contributed by atoms with Crippen molar-refractivity contribution in [2.24, 2.45) is 0 Å². The number of pyridine rings is 2. The van der Waals surface area contributed by atoms with Gasteiger partial charge in [-0.25, -0.2) is 4.98 Å². The van der Waals surface area contributed by atoms with Gasteiger partial charge in [0.1, 0.15) is 5.65 Å². The smallest absolute Gasteiger partial charge is 0.137 e. The average molecular weight is 223 g/mol. The highest BCUT2D eigenvalue weighted by molar-refractivity contribution is 5.79. The van der Waals surface area contributed by atoms with Gasteiger partial charge in [0.2, 0.25) is 0 Å². The van der Waals surface area contributed by atoms with E-state index >= 15 is 0 Å². The Morgan fingerprint density at radius 1 is 1.18 bits per heavy atom.